The summed E-state index contributed by atoms with van der Waals surface area (Å²) in [4.78, 5) is 14.6. The SMILES string of the molecule is CC1(c2ccc(-c3cccc4c3oc3ccc(-c5nc(-c6ccc(C#N)cc6)nc(-c6ccc(C#N)cc6)n5)cc34)cc2)C[C@@H]2CC[C@@H](C2)C1. The standard InChI is InChI=1S/C44H33N5O/c1-44(23-29-5-6-30(21-29)24-44)35-18-15-31(16-19-35)36-3-2-4-37-38-22-34(17-20-39(38)50-40(36)37)43-48-41(32-11-7-27(25-45)8-12-32)47-42(49-43)33-13-9-28(26-46)10-14-33/h2-4,7-20,22,29-30H,5-6,21,23-24H2,1H3/t29-,30+,44?. The molecule has 0 aliphatic heterocycles. The zero-order valence-corrected chi connectivity index (χ0v) is 27.7. The second-order valence-electron chi connectivity index (χ2n) is 14.3. The maximum atomic E-state index is 9.32. The average Bonchev–Trinajstić information content (AvgIpc) is 3.73. The fourth-order valence-corrected chi connectivity index (χ4v) is 8.51. The van der Waals surface area contributed by atoms with E-state index in [9.17, 15) is 10.5 Å². The van der Waals surface area contributed by atoms with Crippen molar-refractivity contribution in [3.63, 3.8) is 0 Å². The molecule has 7 aromatic rings. The zero-order valence-electron chi connectivity index (χ0n) is 27.7. The van der Waals surface area contributed by atoms with Crippen molar-refractivity contribution in [2.24, 2.45) is 11.8 Å². The van der Waals surface area contributed by atoms with Crippen LogP contribution in [0.1, 0.15) is 55.7 Å². The molecule has 2 aliphatic rings. The third-order valence-corrected chi connectivity index (χ3v) is 11.0. The van der Waals surface area contributed by atoms with Crippen molar-refractivity contribution >= 4 is 21.9 Å². The van der Waals surface area contributed by atoms with Gasteiger partial charge in [-0.1, -0.05) is 62.2 Å². The van der Waals surface area contributed by atoms with Gasteiger partial charge in [-0.15, -0.1) is 0 Å². The van der Waals surface area contributed by atoms with Crippen molar-refractivity contribution in [3.05, 3.63) is 126 Å². The minimum Gasteiger partial charge on any atom is -0.455 e. The second kappa shape index (κ2) is 11.8. The van der Waals surface area contributed by atoms with Crippen LogP contribution in [0.5, 0.6) is 0 Å². The van der Waals surface area contributed by atoms with E-state index in [0.29, 0.717) is 28.6 Å². The van der Waals surface area contributed by atoms with E-state index in [1.54, 1.807) is 24.3 Å². The van der Waals surface area contributed by atoms with Gasteiger partial charge in [0, 0.05) is 33.0 Å². The number of fused-ring (bicyclic) bond motifs is 5. The van der Waals surface area contributed by atoms with Crippen molar-refractivity contribution < 1.29 is 4.42 Å². The van der Waals surface area contributed by atoms with Crippen LogP contribution in [0.3, 0.4) is 0 Å². The van der Waals surface area contributed by atoms with Crippen LogP contribution in [0, 0.1) is 34.5 Å². The molecule has 2 heterocycles. The zero-order chi connectivity index (χ0) is 33.8. The number of benzene rings is 5. The summed E-state index contributed by atoms with van der Waals surface area (Å²) in [6, 6.07) is 40.4. The van der Waals surface area contributed by atoms with E-state index in [1.165, 1.54) is 37.7 Å². The number of hydrogen-bond acceptors (Lipinski definition) is 6. The molecular formula is C44H33N5O. The molecule has 6 heteroatoms. The minimum absolute atomic E-state index is 0.263. The van der Waals surface area contributed by atoms with Crippen LogP contribution < -0.4 is 0 Å². The Bertz CT molecular complexity index is 2410. The average molecular weight is 648 g/mol. The molecule has 6 nitrogen and oxygen atoms in total. The summed E-state index contributed by atoms with van der Waals surface area (Å²) in [5.74, 6) is 3.28. The van der Waals surface area contributed by atoms with Gasteiger partial charge in [0.15, 0.2) is 17.5 Å². The van der Waals surface area contributed by atoms with E-state index in [2.05, 4.69) is 67.6 Å². The van der Waals surface area contributed by atoms with E-state index in [0.717, 1.165) is 61.6 Å². The van der Waals surface area contributed by atoms with Gasteiger partial charge in [-0.05, 0) is 114 Å². The molecule has 5 aromatic carbocycles. The predicted octanol–water partition coefficient (Wildman–Crippen LogP) is 10.7. The lowest BCUT2D eigenvalue weighted by molar-refractivity contribution is 0.232. The first kappa shape index (κ1) is 30.0. The molecule has 2 saturated carbocycles. The fraction of sp³-hybridized carbons (Fsp3) is 0.205. The first-order chi connectivity index (χ1) is 24.5. The van der Waals surface area contributed by atoms with Crippen LogP contribution in [0.25, 0.3) is 67.2 Å². The molecular weight excluding hydrogens is 615 g/mol. The van der Waals surface area contributed by atoms with Gasteiger partial charge in [0.05, 0.1) is 23.3 Å². The first-order valence-corrected chi connectivity index (χ1v) is 17.3. The van der Waals surface area contributed by atoms with Gasteiger partial charge in [-0.2, -0.15) is 10.5 Å². The quantitative estimate of drug-likeness (QED) is 0.184. The lowest BCUT2D eigenvalue weighted by Crippen LogP contribution is -2.30. The topological polar surface area (TPSA) is 99.4 Å². The maximum absolute atomic E-state index is 9.32. The molecule has 0 amide bonds. The molecule has 240 valence electrons. The first-order valence-electron chi connectivity index (χ1n) is 17.3. The summed E-state index contributed by atoms with van der Waals surface area (Å²) < 4.78 is 6.56. The predicted molar refractivity (Wildman–Crippen MR) is 196 cm³/mol. The highest BCUT2D eigenvalue weighted by molar-refractivity contribution is 6.10. The Morgan fingerprint density at radius 1 is 0.620 bits per heavy atom. The van der Waals surface area contributed by atoms with Gasteiger partial charge < -0.3 is 4.42 Å². The van der Waals surface area contributed by atoms with Crippen molar-refractivity contribution in [3.8, 4) is 57.4 Å². The molecule has 2 fully saturated rings. The van der Waals surface area contributed by atoms with E-state index in [4.69, 9.17) is 19.4 Å². The highest BCUT2D eigenvalue weighted by atomic mass is 16.3. The molecule has 50 heavy (non-hydrogen) atoms. The summed E-state index contributed by atoms with van der Waals surface area (Å²) >= 11 is 0. The van der Waals surface area contributed by atoms with Crippen molar-refractivity contribution in [2.75, 3.05) is 0 Å². The molecule has 2 aromatic heterocycles. The Morgan fingerprint density at radius 2 is 1.16 bits per heavy atom. The number of aromatic nitrogens is 3. The lowest BCUT2D eigenvalue weighted by Gasteiger charge is -2.38. The van der Waals surface area contributed by atoms with Gasteiger partial charge in [0.2, 0.25) is 0 Å². The molecule has 2 aliphatic carbocycles. The van der Waals surface area contributed by atoms with Crippen molar-refractivity contribution in [2.45, 2.75) is 44.4 Å². The van der Waals surface area contributed by atoms with Crippen LogP contribution in [-0.2, 0) is 5.41 Å². The molecule has 1 unspecified atom stereocenters. The van der Waals surface area contributed by atoms with Crippen molar-refractivity contribution in [1.29, 1.82) is 10.5 Å². The maximum Gasteiger partial charge on any atom is 0.164 e. The molecule has 9 rings (SSSR count). The monoisotopic (exact) mass is 647 g/mol. The molecule has 0 radical (unpaired) electrons. The van der Waals surface area contributed by atoms with Crippen LogP contribution >= 0.6 is 0 Å². The van der Waals surface area contributed by atoms with Gasteiger partial charge in [-0.25, -0.2) is 15.0 Å². The smallest absolute Gasteiger partial charge is 0.164 e. The van der Waals surface area contributed by atoms with Crippen LogP contribution in [0.4, 0.5) is 0 Å². The summed E-state index contributed by atoms with van der Waals surface area (Å²) in [5.41, 5.74) is 9.11. The van der Waals surface area contributed by atoms with Crippen LogP contribution in [0.2, 0.25) is 0 Å². The highest BCUT2D eigenvalue weighted by Gasteiger charge is 2.41. The van der Waals surface area contributed by atoms with Gasteiger partial charge >= 0.3 is 0 Å². The number of nitriles is 2. The Balaban J connectivity index is 1.11. The Labute approximate surface area is 290 Å². The molecule has 2 bridgehead atoms. The number of hydrogen-bond donors (Lipinski definition) is 0. The summed E-state index contributed by atoms with van der Waals surface area (Å²) in [6.45, 7) is 2.47. The largest absolute Gasteiger partial charge is 0.455 e. The van der Waals surface area contributed by atoms with Crippen molar-refractivity contribution in [1.82, 2.24) is 15.0 Å². The lowest BCUT2D eigenvalue weighted by atomic mass is 9.66. The van der Waals surface area contributed by atoms with Gasteiger partial charge in [0.25, 0.3) is 0 Å². The van der Waals surface area contributed by atoms with Crippen LogP contribution in [0.15, 0.2) is 114 Å². The minimum atomic E-state index is 0.263. The number of furan rings is 1. The van der Waals surface area contributed by atoms with Crippen LogP contribution in [-0.4, -0.2) is 15.0 Å². The number of nitrogens with zero attached hydrogens (tertiary/aromatic N) is 5. The Morgan fingerprint density at radius 3 is 1.74 bits per heavy atom. The van der Waals surface area contributed by atoms with E-state index in [-0.39, 0.29) is 5.41 Å². The number of rotatable bonds is 5. The Hall–Kier alpha value is -6.11. The normalized spacial score (nSPS) is 19.7. The van der Waals surface area contributed by atoms with E-state index >= 15 is 0 Å². The fourth-order valence-electron chi connectivity index (χ4n) is 8.51. The summed E-state index contributed by atoms with van der Waals surface area (Å²) in [7, 11) is 0. The molecule has 0 saturated heterocycles. The van der Waals surface area contributed by atoms with Gasteiger partial charge in [0.1, 0.15) is 11.2 Å². The molecule has 3 atom stereocenters. The third kappa shape index (κ3) is 5.21. The number of para-hydroxylation sites is 1. The highest BCUT2D eigenvalue weighted by Crippen LogP contribution is 2.52. The summed E-state index contributed by atoms with van der Waals surface area (Å²) in [5, 5.41) is 20.7. The van der Waals surface area contributed by atoms with E-state index in [1.807, 2.05) is 36.4 Å². The van der Waals surface area contributed by atoms with Gasteiger partial charge in [-0.3, -0.25) is 0 Å². The molecule has 0 spiro atoms. The second-order valence-corrected chi connectivity index (χ2v) is 14.3. The third-order valence-electron chi connectivity index (χ3n) is 11.0. The molecule has 0 N–H and O–H groups in total. The summed E-state index contributed by atoms with van der Waals surface area (Å²) in [6.07, 6.45) is 6.83. The Kier molecular flexibility index (Phi) is 7.07. The van der Waals surface area contributed by atoms with E-state index < -0.39 is 0 Å².